The van der Waals surface area contributed by atoms with Gasteiger partial charge in [0.25, 0.3) is 0 Å². The predicted molar refractivity (Wildman–Crippen MR) is 57.2 cm³/mol. The molecule has 0 fully saturated rings. The third-order valence-corrected chi connectivity index (χ3v) is 2.92. The predicted octanol–water partition coefficient (Wildman–Crippen LogP) is 2.94. The Hall–Kier alpha value is -0.740. The van der Waals surface area contributed by atoms with Crippen molar-refractivity contribution in [3.63, 3.8) is 0 Å². The second-order valence-electron chi connectivity index (χ2n) is 2.63. The van der Waals surface area contributed by atoms with Crippen molar-refractivity contribution in [3.05, 3.63) is 22.8 Å². The van der Waals surface area contributed by atoms with E-state index in [2.05, 4.69) is 11.9 Å². The summed E-state index contributed by atoms with van der Waals surface area (Å²) in [6.45, 7) is 2.06. The maximum Gasteiger partial charge on any atom is 0.356 e. The van der Waals surface area contributed by atoms with Gasteiger partial charge in [0.15, 0.2) is 5.69 Å². The van der Waals surface area contributed by atoms with E-state index in [1.54, 1.807) is 12.1 Å². The zero-order chi connectivity index (χ0) is 10.6. The van der Waals surface area contributed by atoms with E-state index in [9.17, 15) is 4.79 Å². The molecule has 0 aliphatic heterocycles. The monoisotopic (exact) mass is 231 g/mol. The maximum atomic E-state index is 10.7. The number of aromatic carboxylic acids is 1. The molecular formula is C9H10ClNO2S. The molecule has 1 heterocycles. The van der Waals surface area contributed by atoms with Crippen molar-refractivity contribution in [2.24, 2.45) is 0 Å². The van der Waals surface area contributed by atoms with Crippen molar-refractivity contribution >= 4 is 29.3 Å². The number of carboxylic acids is 1. The van der Waals surface area contributed by atoms with E-state index >= 15 is 0 Å². The highest BCUT2D eigenvalue weighted by molar-refractivity contribution is 7.99. The van der Waals surface area contributed by atoms with Gasteiger partial charge < -0.3 is 5.11 Å². The highest BCUT2D eigenvalue weighted by Crippen LogP contribution is 2.21. The third-order valence-electron chi connectivity index (χ3n) is 1.48. The van der Waals surface area contributed by atoms with Gasteiger partial charge in [-0.15, -0.1) is 11.8 Å². The average Bonchev–Trinajstić information content (AvgIpc) is 2.16. The minimum Gasteiger partial charge on any atom is -0.476 e. The number of carboxylic acid groups (broad SMARTS) is 1. The van der Waals surface area contributed by atoms with Crippen LogP contribution in [0.1, 0.15) is 23.8 Å². The molecular weight excluding hydrogens is 222 g/mol. The van der Waals surface area contributed by atoms with E-state index in [1.807, 2.05) is 0 Å². The van der Waals surface area contributed by atoms with Gasteiger partial charge >= 0.3 is 5.97 Å². The lowest BCUT2D eigenvalue weighted by molar-refractivity contribution is 0.0690. The Morgan fingerprint density at radius 1 is 1.64 bits per heavy atom. The van der Waals surface area contributed by atoms with Gasteiger partial charge in [0.2, 0.25) is 0 Å². The Bertz CT molecular complexity index is 344. The van der Waals surface area contributed by atoms with Crippen LogP contribution in [0.2, 0.25) is 5.02 Å². The molecule has 1 N–H and O–H groups in total. The van der Waals surface area contributed by atoms with Crippen molar-refractivity contribution in [1.82, 2.24) is 4.98 Å². The van der Waals surface area contributed by atoms with E-state index in [0.29, 0.717) is 5.03 Å². The van der Waals surface area contributed by atoms with Crippen LogP contribution in [0.5, 0.6) is 0 Å². The molecule has 0 bridgehead atoms. The lowest BCUT2D eigenvalue weighted by Gasteiger charge is -2.01. The molecule has 0 aliphatic carbocycles. The van der Waals surface area contributed by atoms with Crippen LogP contribution in [0.25, 0.3) is 0 Å². The number of carbonyl (C=O) groups is 1. The molecule has 0 aliphatic rings. The van der Waals surface area contributed by atoms with Gasteiger partial charge in [-0.25, -0.2) is 9.78 Å². The lowest BCUT2D eigenvalue weighted by atomic mass is 10.3. The highest BCUT2D eigenvalue weighted by Gasteiger charge is 2.11. The second-order valence-corrected chi connectivity index (χ2v) is 4.16. The Balaban J connectivity index is 2.89. The molecule has 14 heavy (non-hydrogen) atoms. The first-order valence-corrected chi connectivity index (χ1v) is 5.54. The molecule has 1 aromatic heterocycles. The fourth-order valence-electron chi connectivity index (χ4n) is 0.861. The number of halogens is 1. The molecule has 0 saturated heterocycles. The SMILES string of the molecule is CCCSc1ccc(Cl)c(C(=O)O)n1. The molecule has 3 nitrogen and oxygen atoms in total. The van der Waals surface area contributed by atoms with Crippen molar-refractivity contribution in [3.8, 4) is 0 Å². The quantitative estimate of drug-likeness (QED) is 0.810. The summed E-state index contributed by atoms with van der Waals surface area (Å²) in [7, 11) is 0. The van der Waals surface area contributed by atoms with Crippen LogP contribution >= 0.6 is 23.4 Å². The van der Waals surface area contributed by atoms with E-state index in [1.165, 1.54) is 11.8 Å². The standard InChI is InChI=1S/C9H10ClNO2S/c1-2-5-14-7-4-3-6(10)8(11-7)9(12)13/h3-4H,2,5H2,1H3,(H,12,13). The van der Waals surface area contributed by atoms with Gasteiger partial charge in [-0.05, 0) is 24.3 Å². The van der Waals surface area contributed by atoms with Gasteiger partial charge in [-0.3, -0.25) is 0 Å². The topological polar surface area (TPSA) is 50.2 Å². The van der Waals surface area contributed by atoms with Crippen LogP contribution in [0.3, 0.4) is 0 Å². The van der Waals surface area contributed by atoms with Crippen LogP contribution in [-0.4, -0.2) is 21.8 Å². The summed E-state index contributed by atoms with van der Waals surface area (Å²) >= 11 is 7.20. The molecule has 5 heteroatoms. The summed E-state index contributed by atoms with van der Waals surface area (Å²) < 4.78 is 0. The highest BCUT2D eigenvalue weighted by atomic mass is 35.5. The van der Waals surface area contributed by atoms with Gasteiger partial charge in [0, 0.05) is 0 Å². The van der Waals surface area contributed by atoms with Crippen LogP contribution in [0.15, 0.2) is 17.2 Å². The fraction of sp³-hybridized carbons (Fsp3) is 0.333. The number of hydrogen-bond acceptors (Lipinski definition) is 3. The van der Waals surface area contributed by atoms with Crippen LogP contribution in [-0.2, 0) is 0 Å². The molecule has 0 radical (unpaired) electrons. The Labute approximate surface area is 91.5 Å². The summed E-state index contributed by atoms with van der Waals surface area (Å²) in [4.78, 5) is 14.6. The van der Waals surface area contributed by atoms with Crippen LogP contribution < -0.4 is 0 Å². The fourth-order valence-corrected chi connectivity index (χ4v) is 1.78. The minimum absolute atomic E-state index is 0.0761. The van der Waals surface area contributed by atoms with Gasteiger partial charge in [-0.2, -0.15) is 0 Å². The molecule has 76 valence electrons. The maximum absolute atomic E-state index is 10.7. The van der Waals surface area contributed by atoms with Gasteiger partial charge in [-0.1, -0.05) is 18.5 Å². The first-order chi connectivity index (χ1) is 6.65. The van der Waals surface area contributed by atoms with E-state index in [0.717, 1.165) is 12.2 Å². The summed E-state index contributed by atoms with van der Waals surface area (Å²) in [5.74, 6) is -0.165. The van der Waals surface area contributed by atoms with Gasteiger partial charge in [0.05, 0.1) is 10.0 Å². The summed E-state index contributed by atoms with van der Waals surface area (Å²) in [5.41, 5.74) is -0.0761. The number of nitrogens with zero attached hydrogens (tertiary/aromatic N) is 1. The van der Waals surface area contributed by atoms with E-state index < -0.39 is 5.97 Å². The summed E-state index contributed by atoms with van der Waals surface area (Å²) in [6.07, 6.45) is 1.03. The van der Waals surface area contributed by atoms with Crippen LogP contribution in [0.4, 0.5) is 0 Å². The summed E-state index contributed by atoms with van der Waals surface area (Å²) in [5, 5.41) is 9.64. The number of pyridine rings is 1. The molecule has 0 atom stereocenters. The normalized spacial score (nSPS) is 10.1. The van der Waals surface area contributed by atoms with E-state index in [4.69, 9.17) is 16.7 Å². The number of thioether (sulfide) groups is 1. The Kier molecular flexibility index (Phi) is 4.22. The van der Waals surface area contributed by atoms with E-state index in [-0.39, 0.29) is 10.7 Å². The molecule has 0 unspecified atom stereocenters. The first-order valence-electron chi connectivity index (χ1n) is 4.17. The smallest absolute Gasteiger partial charge is 0.356 e. The zero-order valence-electron chi connectivity index (χ0n) is 7.66. The van der Waals surface area contributed by atoms with Crippen molar-refractivity contribution < 1.29 is 9.90 Å². The van der Waals surface area contributed by atoms with Crippen molar-refractivity contribution in [2.45, 2.75) is 18.4 Å². The van der Waals surface area contributed by atoms with Crippen molar-refractivity contribution in [1.29, 1.82) is 0 Å². The lowest BCUT2D eigenvalue weighted by Crippen LogP contribution is -2.01. The Morgan fingerprint density at radius 2 is 2.36 bits per heavy atom. The largest absolute Gasteiger partial charge is 0.476 e. The summed E-state index contributed by atoms with van der Waals surface area (Å²) in [6, 6.07) is 3.30. The second kappa shape index (κ2) is 5.22. The third kappa shape index (κ3) is 2.89. The molecule has 0 amide bonds. The number of aromatic nitrogens is 1. The first kappa shape index (κ1) is 11.3. The molecule has 0 aromatic carbocycles. The molecule has 0 spiro atoms. The van der Waals surface area contributed by atoms with Crippen LogP contribution in [0, 0.1) is 0 Å². The zero-order valence-corrected chi connectivity index (χ0v) is 9.23. The average molecular weight is 232 g/mol. The number of hydrogen-bond donors (Lipinski definition) is 1. The van der Waals surface area contributed by atoms with Gasteiger partial charge in [0.1, 0.15) is 0 Å². The molecule has 1 aromatic rings. The Morgan fingerprint density at radius 3 is 2.93 bits per heavy atom. The minimum atomic E-state index is -1.09. The number of rotatable bonds is 4. The molecule has 0 saturated carbocycles. The van der Waals surface area contributed by atoms with Crippen molar-refractivity contribution in [2.75, 3.05) is 5.75 Å². The molecule has 1 rings (SSSR count).